The first kappa shape index (κ1) is 15.7. The van der Waals surface area contributed by atoms with Crippen LogP contribution in [-0.4, -0.2) is 49.8 Å². The Kier molecular flexibility index (Phi) is 4.21. The fourth-order valence-corrected chi connectivity index (χ4v) is 3.03. The van der Waals surface area contributed by atoms with Crippen LogP contribution in [0.1, 0.15) is 29.0 Å². The maximum absolute atomic E-state index is 12.6. The van der Waals surface area contributed by atoms with Gasteiger partial charge in [0.15, 0.2) is 0 Å². The second-order valence-electron chi connectivity index (χ2n) is 6.14. The average Bonchev–Trinajstić information content (AvgIpc) is 3.00. The molecule has 0 N–H and O–H groups in total. The molecule has 0 unspecified atom stereocenters. The van der Waals surface area contributed by atoms with Gasteiger partial charge in [0.2, 0.25) is 5.91 Å². The van der Waals surface area contributed by atoms with Gasteiger partial charge in [-0.15, -0.1) is 0 Å². The van der Waals surface area contributed by atoms with E-state index in [0.717, 1.165) is 22.9 Å². The van der Waals surface area contributed by atoms with Gasteiger partial charge in [-0.1, -0.05) is 0 Å². The van der Waals surface area contributed by atoms with Gasteiger partial charge in [-0.25, -0.2) is 4.98 Å². The number of imidazole rings is 1. The number of nitrogens with zero attached hydrogens (tertiary/aromatic N) is 5. The molecule has 124 valence electrons. The van der Waals surface area contributed by atoms with E-state index in [9.17, 15) is 4.79 Å². The summed E-state index contributed by atoms with van der Waals surface area (Å²) in [5.41, 5.74) is 2.89. The van der Waals surface area contributed by atoms with Crippen LogP contribution in [0.15, 0.2) is 12.3 Å². The highest BCUT2D eigenvalue weighted by Crippen LogP contribution is 2.21. The number of hydrogen-bond acceptors (Lipinski definition) is 4. The van der Waals surface area contributed by atoms with Crippen LogP contribution in [0.4, 0.5) is 0 Å². The summed E-state index contributed by atoms with van der Waals surface area (Å²) in [5.74, 6) is 0.932. The molecule has 0 radical (unpaired) electrons. The molecular weight excluding hydrogens is 294 g/mol. The smallest absolute Gasteiger partial charge is 0.244 e. The summed E-state index contributed by atoms with van der Waals surface area (Å²) >= 11 is 0. The summed E-state index contributed by atoms with van der Waals surface area (Å²) in [6, 6.07) is 1.98. The van der Waals surface area contributed by atoms with Crippen molar-refractivity contribution in [3.63, 3.8) is 0 Å². The third-order valence-corrected chi connectivity index (χ3v) is 4.13. The first-order chi connectivity index (χ1) is 10.9. The molecular formula is C16H23N5O2. The average molecular weight is 317 g/mol. The normalized spacial score (nSPS) is 18.4. The van der Waals surface area contributed by atoms with Gasteiger partial charge in [0.05, 0.1) is 24.5 Å². The molecule has 0 aliphatic carbocycles. The van der Waals surface area contributed by atoms with E-state index < -0.39 is 0 Å². The molecule has 1 atom stereocenters. The fourth-order valence-electron chi connectivity index (χ4n) is 3.03. The van der Waals surface area contributed by atoms with E-state index in [4.69, 9.17) is 4.74 Å². The number of carbonyl (C=O) groups excluding carboxylic acids is 1. The number of rotatable bonds is 3. The molecule has 0 aromatic carbocycles. The molecule has 2 aromatic rings. The summed E-state index contributed by atoms with van der Waals surface area (Å²) in [6.45, 7) is 7.79. The molecule has 1 fully saturated rings. The third-order valence-electron chi connectivity index (χ3n) is 4.13. The number of aryl methyl sites for hydroxylation is 4. The molecule has 0 bridgehead atoms. The highest BCUT2D eigenvalue weighted by molar-refractivity contribution is 5.76. The van der Waals surface area contributed by atoms with Gasteiger partial charge in [0.1, 0.15) is 18.5 Å². The van der Waals surface area contributed by atoms with Crippen molar-refractivity contribution >= 4 is 5.91 Å². The molecule has 0 spiro atoms. The summed E-state index contributed by atoms with van der Waals surface area (Å²) in [4.78, 5) is 18.9. The lowest BCUT2D eigenvalue weighted by Crippen LogP contribution is -2.44. The molecule has 1 aliphatic rings. The van der Waals surface area contributed by atoms with Crippen LogP contribution in [0.3, 0.4) is 0 Å². The van der Waals surface area contributed by atoms with Crippen LogP contribution in [-0.2, 0) is 23.1 Å². The monoisotopic (exact) mass is 317 g/mol. The predicted octanol–water partition coefficient (Wildman–Crippen LogP) is 1.14. The molecule has 0 saturated carbocycles. The Labute approximate surface area is 135 Å². The summed E-state index contributed by atoms with van der Waals surface area (Å²) in [7, 11) is 1.95. The summed E-state index contributed by atoms with van der Waals surface area (Å²) < 4.78 is 9.54. The zero-order chi connectivity index (χ0) is 16.6. The Hall–Kier alpha value is -2.15. The van der Waals surface area contributed by atoms with Crippen LogP contribution in [0.2, 0.25) is 0 Å². The predicted molar refractivity (Wildman–Crippen MR) is 84.9 cm³/mol. The van der Waals surface area contributed by atoms with Gasteiger partial charge in [-0.05, 0) is 26.8 Å². The zero-order valence-corrected chi connectivity index (χ0v) is 14.1. The minimum absolute atomic E-state index is 0.0652. The number of morpholine rings is 1. The first-order valence-corrected chi connectivity index (χ1v) is 7.84. The SMILES string of the molecule is Cc1cn(C)c([C@@H]2CN(C(=O)Cn3nc(C)cc3C)CCO2)n1. The van der Waals surface area contributed by atoms with Gasteiger partial charge in [-0.3, -0.25) is 9.48 Å². The van der Waals surface area contributed by atoms with Gasteiger partial charge in [0.25, 0.3) is 0 Å². The standard InChI is InChI=1S/C16H23N5O2/c1-11-7-13(3)21(18-11)10-15(22)20-5-6-23-14(9-20)16-17-12(2)8-19(16)4/h7-8,14H,5-6,9-10H2,1-4H3/t14-/m0/s1. The molecule has 7 nitrogen and oxygen atoms in total. The third kappa shape index (κ3) is 3.29. The van der Waals surface area contributed by atoms with E-state index >= 15 is 0 Å². The lowest BCUT2D eigenvalue weighted by atomic mass is 10.2. The maximum Gasteiger partial charge on any atom is 0.244 e. The Bertz CT molecular complexity index is 718. The molecule has 1 aliphatic heterocycles. The molecule has 1 saturated heterocycles. The second-order valence-corrected chi connectivity index (χ2v) is 6.14. The van der Waals surface area contributed by atoms with Crippen molar-refractivity contribution in [2.24, 2.45) is 7.05 Å². The minimum Gasteiger partial charge on any atom is -0.367 e. The Morgan fingerprint density at radius 2 is 2.13 bits per heavy atom. The molecule has 7 heteroatoms. The van der Waals surface area contributed by atoms with Crippen molar-refractivity contribution in [3.8, 4) is 0 Å². The van der Waals surface area contributed by atoms with Crippen molar-refractivity contribution in [1.29, 1.82) is 0 Å². The topological polar surface area (TPSA) is 65.2 Å². The molecule has 3 heterocycles. The Morgan fingerprint density at radius 3 is 2.74 bits per heavy atom. The lowest BCUT2D eigenvalue weighted by Gasteiger charge is -2.32. The van der Waals surface area contributed by atoms with Gasteiger partial charge in [0, 0.05) is 25.5 Å². The molecule has 3 rings (SSSR count). The largest absolute Gasteiger partial charge is 0.367 e. The van der Waals surface area contributed by atoms with Crippen LogP contribution in [0.25, 0.3) is 0 Å². The van der Waals surface area contributed by atoms with Crippen LogP contribution in [0, 0.1) is 20.8 Å². The number of hydrogen-bond donors (Lipinski definition) is 0. The van der Waals surface area contributed by atoms with E-state index in [2.05, 4.69) is 10.1 Å². The van der Waals surface area contributed by atoms with Gasteiger partial charge >= 0.3 is 0 Å². The van der Waals surface area contributed by atoms with Gasteiger partial charge in [-0.2, -0.15) is 5.10 Å². The highest BCUT2D eigenvalue weighted by atomic mass is 16.5. The van der Waals surface area contributed by atoms with E-state index in [-0.39, 0.29) is 18.6 Å². The van der Waals surface area contributed by atoms with Crippen LogP contribution in [0.5, 0.6) is 0 Å². The van der Waals surface area contributed by atoms with Gasteiger partial charge < -0.3 is 14.2 Å². The maximum atomic E-state index is 12.6. The Balaban J connectivity index is 1.69. The van der Waals surface area contributed by atoms with Crippen LogP contribution < -0.4 is 0 Å². The van der Waals surface area contributed by atoms with Crippen molar-refractivity contribution < 1.29 is 9.53 Å². The summed E-state index contributed by atoms with van der Waals surface area (Å²) in [5, 5.41) is 4.36. The number of carbonyl (C=O) groups is 1. The fraction of sp³-hybridized carbons (Fsp3) is 0.562. The number of aromatic nitrogens is 4. The van der Waals surface area contributed by atoms with E-state index in [1.54, 1.807) is 4.68 Å². The highest BCUT2D eigenvalue weighted by Gasteiger charge is 2.28. The number of ether oxygens (including phenoxy) is 1. The van der Waals surface area contributed by atoms with Crippen molar-refractivity contribution in [1.82, 2.24) is 24.2 Å². The molecule has 2 aromatic heterocycles. The minimum atomic E-state index is -0.174. The Morgan fingerprint density at radius 1 is 1.35 bits per heavy atom. The quantitative estimate of drug-likeness (QED) is 0.851. The van der Waals surface area contributed by atoms with Crippen molar-refractivity contribution in [2.45, 2.75) is 33.4 Å². The zero-order valence-electron chi connectivity index (χ0n) is 14.1. The molecule has 1 amide bonds. The van der Waals surface area contributed by atoms with E-state index in [0.29, 0.717) is 19.7 Å². The molecule has 23 heavy (non-hydrogen) atoms. The lowest BCUT2D eigenvalue weighted by molar-refractivity contribution is -0.140. The van der Waals surface area contributed by atoms with Crippen molar-refractivity contribution in [2.75, 3.05) is 19.7 Å². The second kappa shape index (κ2) is 6.16. The summed E-state index contributed by atoms with van der Waals surface area (Å²) in [6.07, 6.45) is 1.79. The van der Waals surface area contributed by atoms with E-state index in [1.807, 2.05) is 49.5 Å². The number of amides is 1. The van der Waals surface area contributed by atoms with Crippen molar-refractivity contribution in [3.05, 3.63) is 35.2 Å². The first-order valence-electron chi connectivity index (χ1n) is 7.84. The van der Waals surface area contributed by atoms with E-state index in [1.165, 1.54) is 0 Å². The van der Waals surface area contributed by atoms with Crippen LogP contribution >= 0.6 is 0 Å².